The van der Waals surface area contributed by atoms with Gasteiger partial charge in [-0.15, -0.1) is 0 Å². The summed E-state index contributed by atoms with van der Waals surface area (Å²) in [7, 11) is 1.46. The first kappa shape index (κ1) is 7.94. The molecule has 0 bridgehead atoms. The van der Waals surface area contributed by atoms with E-state index in [2.05, 4.69) is 0 Å². The van der Waals surface area contributed by atoms with Gasteiger partial charge in [0.1, 0.15) is 6.10 Å². The molecule has 1 rings (SSSR count). The molecule has 0 aromatic heterocycles. The summed E-state index contributed by atoms with van der Waals surface area (Å²) < 4.78 is 9.70. The molecule has 0 amide bonds. The predicted molar refractivity (Wildman–Crippen MR) is 33.4 cm³/mol. The quantitative estimate of drug-likeness (QED) is 0.506. The zero-order valence-corrected chi connectivity index (χ0v) is 5.86. The number of hydrogen-bond donors (Lipinski definition) is 2. The number of aliphatic hydroxyl groups is 2. The average Bonchev–Trinajstić information content (AvgIpc) is 1.88. The molecule has 2 N–H and O–H groups in total. The minimum atomic E-state index is -0.700. The largest absolute Gasteiger partial charge is 0.391 e. The molecule has 1 fully saturated rings. The molecule has 1 aliphatic rings. The fraction of sp³-hybridized carbons (Fsp3) is 1.00. The Labute approximate surface area is 59.4 Å². The SMILES string of the molecule is CO[C@@H]1OC[C@@H](O)C[C@H]1O. The van der Waals surface area contributed by atoms with Gasteiger partial charge in [0.15, 0.2) is 6.29 Å². The number of hydrogen-bond acceptors (Lipinski definition) is 4. The normalized spacial score (nSPS) is 41.7. The molecule has 0 saturated carbocycles. The highest BCUT2D eigenvalue weighted by atomic mass is 16.7. The molecule has 1 saturated heterocycles. The van der Waals surface area contributed by atoms with Crippen LogP contribution in [0.2, 0.25) is 0 Å². The molecule has 0 unspecified atom stereocenters. The first-order valence-corrected chi connectivity index (χ1v) is 3.24. The molecule has 0 spiro atoms. The Morgan fingerprint density at radius 1 is 1.50 bits per heavy atom. The van der Waals surface area contributed by atoms with Crippen molar-refractivity contribution in [1.82, 2.24) is 0 Å². The van der Waals surface area contributed by atoms with Crippen LogP contribution in [0.15, 0.2) is 0 Å². The zero-order chi connectivity index (χ0) is 7.56. The summed E-state index contributed by atoms with van der Waals surface area (Å²) in [4.78, 5) is 0. The second kappa shape index (κ2) is 3.30. The van der Waals surface area contributed by atoms with Gasteiger partial charge in [-0.3, -0.25) is 0 Å². The van der Waals surface area contributed by atoms with Gasteiger partial charge in [-0.25, -0.2) is 0 Å². The lowest BCUT2D eigenvalue weighted by Crippen LogP contribution is -2.41. The molecule has 1 heterocycles. The summed E-state index contributed by atoms with van der Waals surface area (Å²) in [5.74, 6) is 0. The first-order chi connectivity index (χ1) is 4.74. The van der Waals surface area contributed by atoms with Crippen LogP contribution in [0.4, 0.5) is 0 Å². The van der Waals surface area contributed by atoms with Crippen molar-refractivity contribution in [2.75, 3.05) is 13.7 Å². The van der Waals surface area contributed by atoms with Crippen LogP contribution in [0, 0.1) is 0 Å². The van der Waals surface area contributed by atoms with Gasteiger partial charge in [0.2, 0.25) is 0 Å². The fourth-order valence-electron chi connectivity index (χ4n) is 1.00. The van der Waals surface area contributed by atoms with Gasteiger partial charge in [-0.1, -0.05) is 0 Å². The number of methoxy groups -OCH3 is 1. The highest BCUT2D eigenvalue weighted by molar-refractivity contribution is 4.71. The topological polar surface area (TPSA) is 58.9 Å². The first-order valence-electron chi connectivity index (χ1n) is 3.24. The van der Waals surface area contributed by atoms with Crippen LogP contribution in [0.1, 0.15) is 6.42 Å². The maximum atomic E-state index is 9.13. The van der Waals surface area contributed by atoms with Gasteiger partial charge in [0.05, 0.1) is 12.7 Å². The molecule has 3 atom stereocenters. The minimum Gasteiger partial charge on any atom is -0.391 e. The fourth-order valence-corrected chi connectivity index (χ4v) is 1.00. The highest BCUT2D eigenvalue weighted by Gasteiger charge is 2.28. The molecule has 10 heavy (non-hydrogen) atoms. The van der Waals surface area contributed by atoms with E-state index in [1.807, 2.05) is 0 Å². The van der Waals surface area contributed by atoms with Crippen molar-refractivity contribution in [1.29, 1.82) is 0 Å². The molecule has 4 nitrogen and oxygen atoms in total. The third-order valence-electron chi connectivity index (χ3n) is 1.51. The lowest BCUT2D eigenvalue weighted by Gasteiger charge is -2.29. The maximum absolute atomic E-state index is 9.13. The van der Waals surface area contributed by atoms with E-state index in [-0.39, 0.29) is 6.61 Å². The Morgan fingerprint density at radius 3 is 2.70 bits per heavy atom. The number of ether oxygens (including phenoxy) is 2. The van der Waals surface area contributed by atoms with Crippen LogP contribution in [-0.2, 0) is 9.47 Å². The van der Waals surface area contributed by atoms with Crippen LogP contribution in [0.3, 0.4) is 0 Å². The van der Waals surface area contributed by atoms with Gasteiger partial charge in [0.25, 0.3) is 0 Å². The summed E-state index contributed by atoms with van der Waals surface area (Å²) in [6.07, 6.45) is -1.49. The summed E-state index contributed by atoms with van der Waals surface area (Å²) in [6.45, 7) is 0.246. The van der Waals surface area contributed by atoms with E-state index in [1.165, 1.54) is 7.11 Å². The smallest absolute Gasteiger partial charge is 0.183 e. The summed E-state index contributed by atoms with van der Waals surface area (Å²) >= 11 is 0. The predicted octanol–water partition coefficient (Wildman–Crippen LogP) is -0.899. The second-order valence-electron chi connectivity index (χ2n) is 2.39. The van der Waals surface area contributed by atoms with Crippen LogP contribution < -0.4 is 0 Å². The summed E-state index contributed by atoms with van der Waals surface area (Å²) in [5, 5.41) is 18.1. The summed E-state index contributed by atoms with van der Waals surface area (Å²) in [5.41, 5.74) is 0. The van der Waals surface area contributed by atoms with E-state index in [9.17, 15) is 0 Å². The van der Waals surface area contributed by atoms with E-state index in [4.69, 9.17) is 19.7 Å². The molecule has 1 aliphatic heterocycles. The third-order valence-corrected chi connectivity index (χ3v) is 1.51. The van der Waals surface area contributed by atoms with Gasteiger partial charge >= 0.3 is 0 Å². The lowest BCUT2D eigenvalue weighted by molar-refractivity contribution is -0.224. The van der Waals surface area contributed by atoms with Crippen molar-refractivity contribution in [3.63, 3.8) is 0 Å². The van der Waals surface area contributed by atoms with E-state index in [0.717, 1.165) is 0 Å². The Bertz CT molecular complexity index is 106. The van der Waals surface area contributed by atoms with Crippen molar-refractivity contribution in [3.05, 3.63) is 0 Å². The lowest BCUT2D eigenvalue weighted by atomic mass is 10.1. The van der Waals surface area contributed by atoms with Crippen molar-refractivity contribution < 1.29 is 19.7 Å². The van der Waals surface area contributed by atoms with Crippen molar-refractivity contribution in [3.8, 4) is 0 Å². The van der Waals surface area contributed by atoms with Crippen LogP contribution in [-0.4, -0.2) is 42.4 Å². The maximum Gasteiger partial charge on any atom is 0.183 e. The van der Waals surface area contributed by atoms with Crippen molar-refractivity contribution in [2.45, 2.75) is 24.9 Å². The average molecular weight is 148 g/mol. The van der Waals surface area contributed by atoms with E-state index in [0.29, 0.717) is 6.42 Å². The van der Waals surface area contributed by atoms with E-state index >= 15 is 0 Å². The molecule has 0 radical (unpaired) electrons. The Hall–Kier alpha value is -0.160. The standard InChI is InChI=1S/C6H12O4/c1-9-6-5(8)2-4(7)3-10-6/h4-8H,2-3H2,1H3/t4-,5+,6+/m0/s1. The molecule has 60 valence electrons. The molecule has 0 aliphatic carbocycles. The van der Waals surface area contributed by atoms with Gasteiger partial charge < -0.3 is 19.7 Å². The van der Waals surface area contributed by atoms with Crippen LogP contribution >= 0.6 is 0 Å². The van der Waals surface area contributed by atoms with Crippen molar-refractivity contribution >= 4 is 0 Å². The Balaban J connectivity index is 2.36. The monoisotopic (exact) mass is 148 g/mol. The van der Waals surface area contributed by atoms with E-state index in [1.54, 1.807) is 0 Å². The number of aliphatic hydroxyl groups excluding tert-OH is 2. The highest BCUT2D eigenvalue weighted by Crippen LogP contribution is 2.14. The van der Waals surface area contributed by atoms with Crippen LogP contribution in [0.25, 0.3) is 0 Å². The minimum absolute atomic E-state index is 0.246. The Kier molecular flexibility index (Phi) is 2.62. The molecular formula is C6H12O4. The van der Waals surface area contributed by atoms with Gasteiger partial charge in [-0.05, 0) is 0 Å². The zero-order valence-electron chi connectivity index (χ0n) is 5.86. The second-order valence-corrected chi connectivity index (χ2v) is 2.39. The van der Waals surface area contributed by atoms with Gasteiger partial charge in [0, 0.05) is 13.5 Å². The number of rotatable bonds is 1. The molecular weight excluding hydrogens is 136 g/mol. The van der Waals surface area contributed by atoms with E-state index < -0.39 is 18.5 Å². The molecule has 0 aromatic rings. The van der Waals surface area contributed by atoms with Crippen molar-refractivity contribution in [2.24, 2.45) is 0 Å². The Morgan fingerprint density at radius 2 is 2.20 bits per heavy atom. The molecule has 4 heteroatoms. The van der Waals surface area contributed by atoms with Crippen LogP contribution in [0.5, 0.6) is 0 Å². The van der Waals surface area contributed by atoms with Gasteiger partial charge in [-0.2, -0.15) is 0 Å². The third kappa shape index (κ3) is 1.67. The summed E-state index contributed by atoms with van der Waals surface area (Å²) in [6, 6.07) is 0. The molecule has 0 aromatic carbocycles.